The minimum Gasteiger partial charge on any atom is -0.209 e. The minimum absolute atomic E-state index is 0.0737. The largest absolute Gasteiger partial charge is 0.250 e. The van der Waals surface area contributed by atoms with E-state index in [9.17, 15) is 8.42 Å². The van der Waals surface area contributed by atoms with E-state index in [0.717, 1.165) is 24.1 Å². The quantitative estimate of drug-likeness (QED) is 0.820. The lowest BCUT2D eigenvalue weighted by Gasteiger charge is -2.09. The van der Waals surface area contributed by atoms with Gasteiger partial charge in [0.1, 0.15) is 4.21 Å². The Labute approximate surface area is 111 Å². The lowest BCUT2D eigenvalue weighted by atomic mass is 10.3. The number of thiophene rings is 1. The zero-order chi connectivity index (χ0) is 12.5. The Morgan fingerprint density at radius 3 is 2.76 bits per heavy atom. The van der Waals surface area contributed by atoms with Crippen molar-refractivity contribution in [1.82, 2.24) is 4.72 Å². The molecule has 0 amide bonds. The third-order valence-corrected chi connectivity index (χ3v) is 6.51. The maximum Gasteiger partial charge on any atom is 0.250 e. The summed E-state index contributed by atoms with van der Waals surface area (Å²) in [6.45, 7) is 2.34. The van der Waals surface area contributed by atoms with Crippen LogP contribution in [0, 0.1) is 5.92 Å². The summed E-state index contributed by atoms with van der Waals surface area (Å²) >= 11 is 7.40. The highest BCUT2D eigenvalue weighted by atomic mass is 35.5. The second-order valence-corrected chi connectivity index (χ2v) is 8.00. The molecule has 0 radical (unpaired) electrons. The van der Waals surface area contributed by atoms with Crippen LogP contribution in [0.2, 0.25) is 0 Å². The summed E-state index contributed by atoms with van der Waals surface area (Å²) in [5.74, 6) is 0.494. The number of alkyl halides is 1. The van der Waals surface area contributed by atoms with E-state index in [4.69, 9.17) is 11.6 Å². The molecule has 1 aromatic heterocycles. The summed E-state index contributed by atoms with van der Waals surface area (Å²) in [6, 6.07) is 3.52. The van der Waals surface area contributed by atoms with Crippen molar-refractivity contribution in [2.24, 2.45) is 5.92 Å². The van der Waals surface area contributed by atoms with Crippen LogP contribution in [0.5, 0.6) is 0 Å². The molecule has 1 fully saturated rings. The molecule has 1 aromatic rings. The van der Waals surface area contributed by atoms with Crippen LogP contribution in [0.25, 0.3) is 0 Å². The zero-order valence-electron chi connectivity index (χ0n) is 9.65. The van der Waals surface area contributed by atoms with Crippen LogP contribution >= 0.6 is 22.9 Å². The number of hydrogen-bond acceptors (Lipinski definition) is 3. The van der Waals surface area contributed by atoms with E-state index in [0.29, 0.717) is 16.7 Å². The number of rotatable bonds is 6. The first-order valence-electron chi connectivity index (χ1n) is 5.75. The molecular weight excluding hydrogens is 278 g/mol. The first-order chi connectivity index (χ1) is 8.03. The third-order valence-electron chi connectivity index (χ3n) is 2.85. The molecule has 0 bridgehead atoms. The van der Waals surface area contributed by atoms with Crippen LogP contribution in [0.1, 0.15) is 24.6 Å². The molecule has 3 nitrogen and oxygen atoms in total. The number of halogens is 1. The van der Waals surface area contributed by atoms with E-state index in [1.54, 1.807) is 6.07 Å². The molecule has 1 aliphatic rings. The first kappa shape index (κ1) is 13.3. The standard InChI is InChI=1S/C11H16ClNO2S2/c1-2-9-5-6-11(16-9)17(14,15)13-7-10(12)8-3-4-8/h5-6,8,10,13H,2-4,7H2,1H3. The Bertz CT molecular complexity index is 479. The summed E-state index contributed by atoms with van der Waals surface area (Å²) < 4.78 is 26.9. The zero-order valence-corrected chi connectivity index (χ0v) is 12.0. The van der Waals surface area contributed by atoms with Crippen LogP contribution in [0.4, 0.5) is 0 Å². The molecule has 96 valence electrons. The van der Waals surface area contributed by atoms with Gasteiger partial charge in [0.2, 0.25) is 10.0 Å². The van der Waals surface area contributed by atoms with Crippen molar-refractivity contribution in [3.63, 3.8) is 0 Å². The van der Waals surface area contributed by atoms with Crippen molar-refractivity contribution >= 4 is 33.0 Å². The molecule has 0 aliphatic heterocycles. The van der Waals surface area contributed by atoms with Gasteiger partial charge in [-0.25, -0.2) is 13.1 Å². The highest BCUT2D eigenvalue weighted by molar-refractivity contribution is 7.91. The lowest BCUT2D eigenvalue weighted by molar-refractivity contribution is 0.578. The van der Waals surface area contributed by atoms with Crippen LogP contribution in [-0.2, 0) is 16.4 Å². The van der Waals surface area contributed by atoms with Gasteiger partial charge in [0, 0.05) is 16.8 Å². The van der Waals surface area contributed by atoms with Gasteiger partial charge in [-0.1, -0.05) is 6.92 Å². The van der Waals surface area contributed by atoms with Gasteiger partial charge >= 0.3 is 0 Å². The van der Waals surface area contributed by atoms with Gasteiger partial charge in [0.15, 0.2) is 0 Å². The normalized spacial score (nSPS) is 18.2. The van der Waals surface area contributed by atoms with Crippen molar-refractivity contribution in [2.75, 3.05) is 6.54 Å². The van der Waals surface area contributed by atoms with E-state index >= 15 is 0 Å². The van der Waals surface area contributed by atoms with Crippen LogP contribution < -0.4 is 4.72 Å². The molecule has 1 unspecified atom stereocenters. The Hall–Kier alpha value is -0.100. The maximum atomic E-state index is 11.9. The fraction of sp³-hybridized carbons (Fsp3) is 0.636. The number of hydrogen-bond donors (Lipinski definition) is 1. The molecule has 6 heteroatoms. The molecule has 0 spiro atoms. The monoisotopic (exact) mass is 293 g/mol. The number of aryl methyl sites for hydroxylation is 1. The summed E-state index contributed by atoms with van der Waals surface area (Å²) in [7, 11) is -3.37. The van der Waals surface area contributed by atoms with Crippen molar-refractivity contribution in [3.05, 3.63) is 17.0 Å². The molecule has 17 heavy (non-hydrogen) atoms. The van der Waals surface area contributed by atoms with E-state index in [1.165, 1.54) is 11.3 Å². The van der Waals surface area contributed by atoms with E-state index in [-0.39, 0.29) is 5.38 Å². The molecule has 1 heterocycles. The van der Waals surface area contributed by atoms with E-state index in [2.05, 4.69) is 4.72 Å². The van der Waals surface area contributed by atoms with Crippen LogP contribution in [0.15, 0.2) is 16.3 Å². The average molecular weight is 294 g/mol. The van der Waals surface area contributed by atoms with Crippen molar-refractivity contribution in [2.45, 2.75) is 35.8 Å². The summed E-state index contributed by atoms with van der Waals surface area (Å²) in [6.07, 6.45) is 3.10. The molecule has 1 saturated carbocycles. The van der Waals surface area contributed by atoms with Gasteiger partial charge in [0.25, 0.3) is 0 Å². The maximum absolute atomic E-state index is 11.9. The summed E-state index contributed by atoms with van der Waals surface area (Å²) in [5.41, 5.74) is 0. The second-order valence-electron chi connectivity index (χ2n) is 4.28. The fourth-order valence-electron chi connectivity index (χ4n) is 1.58. The summed E-state index contributed by atoms with van der Waals surface area (Å²) in [4.78, 5) is 1.08. The number of sulfonamides is 1. The highest BCUT2D eigenvalue weighted by Crippen LogP contribution is 2.35. The van der Waals surface area contributed by atoms with Gasteiger partial charge < -0.3 is 0 Å². The summed E-state index contributed by atoms with van der Waals surface area (Å²) in [5, 5.41) is -0.0737. The van der Waals surface area contributed by atoms with Gasteiger partial charge in [-0.05, 0) is 37.3 Å². The van der Waals surface area contributed by atoms with Gasteiger partial charge in [-0.15, -0.1) is 22.9 Å². The Balaban J connectivity index is 1.97. The van der Waals surface area contributed by atoms with Crippen LogP contribution in [0.3, 0.4) is 0 Å². The van der Waals surface area contributed by atoms with E-state index in [1.807, 2.05) is 13.0 Å². The van der Waals surface area contributed by atoms with Gasteiger partial charge in [-0.3, -0.25) is 0 Å². The fourth-order valence-corrected chi connectivity index (χ4v) is 4.40. The predicted octanol–water partition coefficient (Wildman–Crippen LogP) is 2.61. The highest BCUT2D eigenvalue weighted by Gasteiger charge is 2.30. The SMILES string of the molecule is CCc1ccc(S(=O)(=O)NCC(Cl)C2CC2)s1. The topological polar surface area (TPSA) is 46.2 Å². The molecule has 2 rings (SSSR count). The second kappa shape index (κ2) is 5.26. The first-order valence-corrected chi connectivity index (χ1v) is 8.49. The Kier molecular flexibility index (Phi) is 4.13. The molecule has 1 N–H and O–H groups in total. The predicted molar refractivity (Wildman–Crippen MR) is 71.3 cm³/mol. The van der Waals surface area contributed by atoms with Crippen molar-refractivity contribution in [1.29, 1.82) is 0 Å². The third kappa shape index (κ3) is 3.44. The van der Waals surface area contributed by atoms with Crippen molar-refractivity contribution in [3.8, 4) is 0 Å². The minimum atomic E-state index is -3.37. The van der Waals surface area contributed by atoms with Gasteiger partial charge in [0.05, 0.1) is 0 Å². The Morgan fingerprint density at radius 1 is 1.53 bits per heavy atom. The lowest BCUT2D eigenvalue weighted by Crippen LogP contribution is -2.30. The molecular formula is C11H16ClNO2S2. The smallest absolute Gasteiger partial charge is 0.209 e. The average Bonchev–Trinajstić information content (AvgIpc) is 3.03. The van der Waals surface area contributed by atoms with Gasteiger partial charge in [-0.2, -0.15) is 0 Å². The molecule has 0 saturated heterocycles. The molecule has 1 aliphatic carbocycles. The molecule has 1 atom stereocenters. The van der Waals surface area contributed by atoms with Crippen molar-refractivity contribution < 1.29 is 8.42 Å². The van der Waals surface area contributed by atoms with Crippen LogP contribution in [-0.4, -0.2) is 20.3 Å². The molecule has 0 aromatic carbocycles. The number of nitrogens with one attached hydrogen (secondary N) is 1. The Morgan fingerprint density at radius 2 is 2.24 bits per heavy atom. The van der Waals surface area contributed by atoms with E-state index < -0.39 is 10.0 Å².